The van der Waals surface area contributed by atoms with Gasteiger partial charge in [-0.25, -0.2) is 4.39 Å². The van der Waals surface area contributed by atoms with Crippen LogP contribution in [0.2, 0.25) is 0 Å². The van der Waals surface area contributed by atoms with Gasteiger partial charge in [-0.3, -0.25) is 4.79 Å². The lowest BCUT2D eigenvalue weighted by atomic mass is 9.82. The van der Waals surface area contributed by atoms with Crippen molar-refractivity contribution in [1.29, 1.82) is 0 Å². The molecular weight excluding hydrogens is 215 g/mol. The lowest BCUT2D eigenvalue weighted by Gasteiger charge is -2.28. The summed E-state index contributed by atoms with van der Waals surface area (Å²) in [4.78, 5) is 11.6. The minimum Gasteiger partial charge on any atom is -0.341 e. The molecule has 1 aliphatic carbocycles. The first-order chi connectivity index (χ1) is 7.33. The number of ether oxygens (including phenoxy) is 3. The molecular formula is C11H15FO4. The van der Waals surface area contributed by atoms with Gasteiger partial charge in [0.05, 0.1) is 0 Å². The Morgan fingerprint density at radius 2 is 2.00 bits per heavy atom. The first kappa shape index (κ1) is 10.6. The highest BCUT2D eigenvalue weighted by Crippen LogP contribution is 2.54. The van der Waals surface area contributed by atoms with Gasteiger partial charge < -0.3 is 14.2 Å². The third kappa shape index (κ3) is 1.16. The van der Waals surface area contributed by atoms with Crippen LogP contribution >= 0.6 is 0 Å². The van der Waals surface area contributed by atoms with E-state index in [0.717, 1.165) is 0 Å². The van der Waals surface area contributed by atoms with Gasteiger partial charge in [0.15, 0.2) is 24.0 Å². The summed E-state index contributed by atoms with van der Waals surface area (Å²) in [5.74, 6) is -1.19. The Labute approximate surface area is 93.0 Å². The Morgan fingerprint density at radius 3 is 2.69 bits per heavy atom. The van der Waals surface area contributed by atoms with Crippen molar-refractivity contribution in [3.63, 3.8) is 0 Å². The smallest absolute Gasteiger partial charge is 0.196 e. The van der Waals surface area contributed by atoms with Gasteiger partial charge >= 0.3 is 0 Å². The number of halogens is 1. The van der Waals surface area contributed by atoms with E-state index in [9.17, 15) is 9.18 Å². The van der Waals surface area contributed by atoms with Crippen molar-refractivity contribution >= 4 is 5.78 Å². The fourth-order valence-electron chi connectivity index (χ4n) is 2.98. The number of hydrogen-bond acceptors (Lipinski definition) is 4. The summed E-state index contributed by atoms with van der Waals surface area (Å²) < 4.78 is 30.2. The highest BCUT2D eigenvalue weighted by molar-refractivity contribution is 5.91. The molecule has 3 fully saturated rings. The second-order valence-corrected chi connectivity index (χ2v) is 5.52. The number of rotatable bonds is 0. The van der Waals surface area contributed by atoms with Gasteiger partial charge in [0.2, 0.25) is 0 Å². The van der Waals surface area contributed by atoms with E-state index in [-0.39, 0.29) is 12.5 Å². The lowest BCUT2D eigenvalue weighted by molar-refractivity contribution is -0.213. The fraction of sp³-hybridized carbons (Fsp3) is 0.909. The number of hydrogen-bond donors (Lipinski definition) is 0. The van der Waals surface area contributed by atoms with E-state index in [1.807, 2.05) is 6.92 Å². The van der Waals surface area contributed by atoms with E-state index in [0.29, 0.717) is 0 Å². The number of alkyl halides is 1. The van der Waals surface area contributed by atoms with Gasteiger partial charge in [-0.1, -0.05) is 6.92 Å². The lowest BCUT2D eigenvalue weighted by Crippen LogP contribution is -2.37. The number of fused-ring (bicyclic) bond motifs is 3. The Morgan fingerprint density at radius 1 is 1.31 bits per heavy atom. The Bertz CT molecular complexity index is 356. The standard InChI is InChI=1S/C11H15FO4/c1-10(2)15-8-9(16-10)14-7-6(13)5(12)4-11(7,8)3/h5,7-9H,4H2,1-3H3/t5?,7-,8+,9-,11+/m1/s1. The molecule has 0 aromatic heterocycles. The van der Waals surface area contributed by atoms with Crippen LogP contribution in [-0.4, -0.2) is 36.2 Å². The van der Waals surface area contributed by atoms with Crippen LogP contribution in [0, 0.1) is 5.41 Å². The molecule has 1 saturated carbocycles. The van der Waals surface area contributed by atoms with Gasteiger partial charge in [0.25, 0.3) is 0 Å². The molecule has 5 atom stereocenters. The predicted octanol–water partition coefficient (Wildman–Crippen LogP) is 1.18. The monoisotopic (exact) mass is 230 g/mol. The quantitative estimate of drug-likeness (QED) is 0.627. The maximum atomic E-state index is 13.4. The van der Waals surface area contributed by atoms with Gasteiger partial charge in [0, 0.05) is 5.41 Å². The van der Waals surface area contributed by atoms with Crippen molar-refractivity contribution in [2.24, 2.45) is 5.41 Å². The topological polar surface area (TPSA) is 44.8 Å². The Hall–Kier alpha value is -0.520. The second-order valence-electron chi connectivity index (χ2n) is 5.52. The van der Waals surface area contributed by atoms with Crippen LogP contribution in [0.15, 0.2) is 0 Å². The maximum absolute atomic E-state index is 13.4. The highest BCUT2D eigenvalue weighted by Gasteiger charge is 2.67. The SMILES string of the molecule is CC1(C)O[C@H]2O[C@@H]3C(=O)C(F)C[C@]3(C)[C@H]2O1. The minimum absolute atomic E-state index is 0.164. The maximum Gasteiger partial charge on any atom is 0.196 e. The molecule has 0 aromatic rings. The van der Waals surface area contributed by atoms with Crippen LogP contribution in [-0.2, 0) is 19.0 Å². The zero-order valence-electron chi connectivity index (χ0n) is 9.53. The van der Waals surface area contributed by atoms with Crippen LogP contribution in [0.5, 0.6) is 0 Å². The van der Waals surface area contributed by atoms with Crippen molar-refractivity contribution in [3.05, 3.63) is 0 Å². The average Bonchev–Trinajstić information content (AvgIpc) is 2.65. The number of ketones is 1. The third-order valence-corrected chi connectivity index (χ3v) is 3.76. The molecule has 2 saturated heterocycles. The molecule has 5 heteroatoms. The molecule has 0 bridgehead atoms. The van der Waals surface area contributed by atoms with E-state index in [2.05, 4.69) is 0 Å². The zero-order valence-corrected chi connectivity index (χ0v) is 9.53. The van der Waals surface area contributed by atoms with Crippen LogP contribution in [0.3, 0.4) is 0 Å². The molecule has 2 aliphatic heterocycles. The van der Waals surface area contributed by atoms with Crippen LogP contribution < -0.4 is 0 Å². The third-order valence-electron chi connectivity index (χ3n) is 3.76. The second kappa shape index (κ2) is 2.83. The minimum atomic E-state index is -1.43. The van der Waals surface area contributed by atoms with E-state index in [4.69, 9.17) is 14.2 Å². The van der Waals surface area contributed by atoms with Gasteiger partial charge in [0.1, 0.15) is 12.2 Å². The van der Waals surface area contributed by atoms with Crippen molar-refractivity contribution in [3.8, 4) is 0 Å². The number of Topliss-reactive ketones (excluding diaryl/α,β-unsaturated/α-hetero) is 1. The van der Waals surface area contributed by atoms with Crippen molar-refractivity contribution in [2.45, 2.75) is 57.6 Å². The first-order valence-electron chi connectivity index (χ1n) is 5.52. The molecule has 3 aliphatic rings. The largest absolute Gasteiger partial charge is 0.341 e. The molecule has 2 heterocycles. The Kier molecular flexibility index (Phi) is 1.88. The molecule has 0 amide bonds. The van der Waals surface area contributed by atoms with Crippen molar-refractivity contribution < 1.29 is 23.4 Å². The van der Waals surface area contributed by atoms with Crippen LogP contribution in [0.1, 0.15) is 27.2 Å². The molecule has 0 radical (unpaired) electrons. The molecule has 90 valence electrons. The highest BCUT2D eigenvalue weighted by atomic mass is 19.1. The molecule has 0 spiro atoms. The average molecular weight is 230 g/mol. The zero-order chi connectivity index (χ0) is 11.7. The summed E-state index contributed by atoms with van der Waals surface area (Å²) in [6, 6.07) is 0. The van der Waals surface area contributed by atoms with Gasteiger partial charge in [-0.05, 0) is 20.3 Å². The summed E-state index contributed by atoms with van der Waals surface area (Å²) in [7, 11) is 0. The first-order valence-corrected chi connectivity index (χ1v) is 5.52. The summed E-state index contributed by atoms with van der Waals surface area (Å²) in [6.07, 6.45) is -2.87. The van der Waals surface area contributed by atoms with E-state index < -0.39 is 35.6 Å². The van der Waals surface area contributed by atoms with Crippen LogP contribution in [0.25, 0.3) is 0 Å². The summed E-state index contributed by atoms with van der Waals surface area (Å²) in [6.45, 7) is 5.41. The summed E-state index contributed by atoms with van der Waals surface area (Å²) in [5.41, 5.74) is -0.588. The summed E-state index contributed by atoms with van der Waals surface area (Å²) >= 11 is 0. The Balaban J connectivity index is 1.93. The van der Waals surface area contributed by atoms with E-state index in [1.165, 1.54) is 0 Å². The van der Waals surface area contributed by atoms with E-state index in [1.54, 1.807) is 13.8 Å². The van der Waals surface area contributed by atoms with E-state index >= 15 is 0 Å². The van der Waals surface area contributed by atoms with Crippen LogP contribution in [0.4, 0.5) is 4.39 Å². The molecule has 4 nitrogen and oxygen atoms in total. The molecule has 0 N–H and O–H groups in total. The predicted molar refractivity (Wildman–Crippen MR) is 51.3 cm³/mol. The normalized spacial score (nSPS) is 54.1. The van der Waals surface area contributed by atoms with Gasteiger partial charge in [-0.15, -0.1) is 0 Å². The molecule has 1 unspecified atom stereocenters. The fourth-order valence-corrected chi connectivity index (χ4v) is 2.98. The number of carbonyl (C=O) groups is 1. The van der Waals surface area contributed by atoms with Gasteiger partial charge in [-0.2, -0.15) is 0 Å². The molecule has 0 aromatic carbocycles. The molecule has 3 rings (SSSR count). The van der Waals surface area contributed by atoms with Crippen molar-refractivity contribution in [2.75, 3.05) is 0 Å². The molecule has 16 heavy (non-hydrogen) atoms. The van der Waals surface area contributed by atoms with Crippen molar-refractivity contribution in [1.82, 2.24) is 0 Å². The summed E-state index contributed by atoms with van der Waals surface area (Å²) in [5, 5.41) is 0. The number of carbonyl (C=O) groups excluding carboxylic acids is 1.